The van der Waals surface area contributed by atoms with Crippen LogP contribution in [0.5, 0.6) is 5.75 Å². The molecule has 3 rings (SSSR count). The van der Waals surface area contributed by atoms with Gasteiger partial charge in [0.1, 0.15) is 5.75 Å². The molecule has 1 heterocycles. The zero-order valence-electron chi connectivity index (χ0n) is 15.1. The first kappa shape index (κ1) is 18.2. The van der Waals surface area contributed by atoms with E-state index in [9.17, 15) is 4.79 Å². The van der Waals surface area contributed by atoms with Crippen molar-refractivity contribution in [1.29, 1.82) is 0 Å². The van der Waals surface area contributed by atoms with Gasteiger partial charge in [0.15, 0.2) is 5.11 Å². The zero-order chi connectivity index (χ0) is 18.7. The van der Waals surface area contributed by atoms with E-state index in [1.807, 2.05) is 50.2 Å². The van der Waals surface area contributed by atoms with E-state index >= 15 is 0 Å². The summed E-state index contributed by atoms with van der Waals surface area (Å²) in [6.07, 6.45) is 0. The fraction of sp³-hybridized carbons (Fsp3) is 0.300. The fourth-order valence-corrected chi connectivity index (χ4v) is 3.52. The number of esters is 1. The summed E-state index contributed by atoms with van der Waals surface area (Å²) in [5.74, 6) is 0.357. The largest absolute Gasteiger partial charge is 0.493 e. The molecule has 0 unspecified atom stereocenters. The van der Waals surface area contributed by atoms with Crippen LogP contribution in [0.25, 0.3) is 10.8 Å². The Morgan fingerprint density at radius 2 is 1.92 bits per heavy atom. The number of hydrogen-bond donors (Lipinski definition) is 2. The second-order valence-electron chi connectivity index (χ2n) is 5.92. The summed E-state index contributed by atoms with van der Waals surface area (Å²) in [5.41, 5.74) is 2.08. The third-order valence-electron chi connectivity index (χ3n) is 4.28. The minimum absolute atomic E-state index is 0.306. The van der Waals surface area contributed by atoms with Gasteiger partial charge in [0, 0.05) is 11.3 Å². The molecule has 6 heteroatoms. The molecule has 1 atom stereocenters. The van der Waals surface area contributed by atoms with Crippen molar-refractivity contribution in [2.24, 2.45) is 0 Å². The van der Waals surface area contributed by atoms with Crippen molar-refractivity contribution in [3.05, 3.63) is 53.2 Å². The number of carbonyl (C=O) groups excluding carboxylic acids is 1. The summed E-state index contributed by atoms with van der Waals surface area (Å²) in [4.78, 5) is 12.7. The maximum Gasteiger partial charge on any atom is 0.338 e. The van der Waals surface area contributed by atoms with Crippen LogP contribution in [-0.4, -0.2) is 24.3 Å². The molecule has 0 amide bonds. The standard InChI is InChI=1S/C20H22N2O3S/c1-4-24-15-11-10-13-8-6-7-9-14(13)17(15)18-16(19(23)25-5-2)12(3)21-20(26)22-18/h6-11,18H,4-5H2,1-3H3,(H2,21,22,26)/t18-/m0/s1. The lowest BCUT2D eigenvalue weighted by Gasteiger charge is -2.31. The first-order valence-electron chi connectivity index (χ1n) is 8.66. The lowest BCUT2D eigenvalue weighted by atomic mass is 9.90. The summed E-state index contributed by atoms with van der Waals surface area (Å²) in [7, 11) is 0. The maximum atomic E-state index is 12.7. The van der Waals surface area contributed by atoms with Crippen LogP contribution in [-0.2, 0) is 9.53 Å². The van der Waals surface area contributed by atoms with Crippen LogP contribution in [0.15, 0.2) is 47.7 Å². The summed E-state index contributed by atoms with van der Waals surface area (Å²) in [6, 6.07) is 11.5. The number of hydrogen-bond acceptors (Lipinski definition) is 4. The molecule has 2 N–H and O–H groups in total. The Hall–Kier alpha value is -2.60. The van der Waals surface area contributed by atoms with Crippen LogP contribution in [0.3, 0.4) is 0 Å². The van der Waals surface area contributed by atoms with Gasteiger partial charge in [-0.15, -0.1) is 0 Å². The summed E-state index contributed by atoms with van der Waals surface area (Å²) in [6.45, 7) is 6.39. The smallest absolute Gasteiger partial charge is 0.338 e. The van der Waals surface area contributed by atoms with E-state index in [-0.39, 0.29) is 5.97 Å². The fourth-order valence-electron chi connectivity index (χ4n) is 3.24. The average Bonchev–Trinajstić information content (AvgIpc) is 2.61. The Morgan fingerprint density at radius 1 is 1.15 bits per heavy atom. The van der Waals surface area contributed by atoms with Crippen molar-refractivity contribution in [2.45, 2.75) is 26.8 Å². The van der Waals surface area contributed by atoms with Crippen molar-refractivity contribution in [3.8, 4) is 5.75 Å². The lowest BCUT2D eigenvalue weighted by molar-refractivity contribution is -0.139. The number of allylic oxidation sites excluding steroid dienone is 1. The number of benzene rings is 2. The van der Waals surface area contributed by atoms with Crippen molar-refractivity contribution in [3.63, 3.8) is 0 Å². The van der Waals surface area contributed by atoms with Crippen LogP contribution in [0, 0.1) is 0 Å². The van der Waals surface area contributed by atoms with Crippen LogP contribution < -0.4 is 15.4 Å². The van der Waals surface area contributed by atoms with E-state index in [2.05, 4.69) is 10.6 Å². The minimum atomic E-state index is -0.449. The van der Waals surface area contributed by atoms with E-state index in [4.69, 9.17) is 21.7 Å². The molecule has 0 fully saturated rings. The Morgan fingerprint density at radius 3 is 2.65 bits per heavy atom. The van der Waals surface area contributed by atoms with Gasteiger partial charge in [0.25, 0.3) is 0 Å². The first-order chi connectivity index (χ1) is 12.6. The SMILES string of the molecule is CCOC(=O)C1=C(C)NC(=S)N[C@@H]1c1c(OCC)ccc2ccccc12. The molecule has 5 nitrogen and oxygen atoms in total. The van der Waals surface area contributed by atoms with Crippen LogP contribution in [0.4, 0.5) is 0 Å². The molecule has 0 saturated heterocycles. The van der Waals surface area contributed by atoms with Gasteiger partial charge in [-0.1, -0.05) is 30.3 Å². The van der Waals surface area contributed by atoms with Gasteiger partial charge >= 0.3 is 5.97 Å². The third kappa shape index (κ3) is 3.37. The quantitative estimate of drug-likeness (QED) is 0.620. The highest BCUT2D eigenvalue weighted by Gasteiger charge is 2.33. The van der Waals surface area contributed by atoms with Gasteiger partial charge in [0.2, 0.25) is 0 Å². The molecule has 1 aliphatic heterocycles. The van der Waals surface area contributed by atoms with E-state index in [0.29, 0.717) is 29.6 Å². The minimum Gasteiger partial charge on any atom is -0.493 e. The molecule has 136 valence electrons. The molecule has 1 aliphatic rings. The molecule has 0 radical (unpaired) electrons. The van der Waals surface area contributed by atoms with Crippen LogP contribution in [0.2, 0.25) is 0 Å². The predicted molar refractivity (Wildman–Crippen MR) is 106 cm³/mol. The number of thiocarbonyl (C=S) groups is 1. The van der Waals surface area contributed by atoms with Gasteiger partial charge in [-0.25, -0.2) is 4.79 Å². The Bertz CT molecular complexity index is 892. The molecular weight excluding hydrogens is 348 g/mol. The molecular formula is C20H22N2O3S. The van der Waals surface area contributed by atoms with E-state index in [1.54, 1.807) is 6.92 Å². The maximum absolute atomic E-state index is 12.7. The number of nitrogens with one attached hydrogen (secondary N) is 2. The zero-order valence-corrected chi connectivity index (χ0v) is 15.9. The van der Waals surface area contributed by atoms with Gasteiger partial charge in [-0.3, -0.25) is 0 Å². The van der Waals surface area contributed by atoms with Crippen LogP contribution in [0.1, 0.15) is 32.4 Å². The summed E-state index contributed by atoms with van der Waals surface area (Å²) in [5, 5.41) is 8.80. The number of carbonyl (C=O) groups is 1. The molecule has 2 aromatic rings. The average molecular weight is 370 g/mol. The number of fused-ring (bicyclic) bond motifs is 1. The highest BCUT2D eigenvalue weighted by atomic mass is 32.1. The van der Waals surface area contributed by atoms with E-state index in [1.165, 1.54) is 0 Å². The van der Waals surface area contributed by atoms with E-state index in [0.717, 1.165) is 22.1 Å². The molecule has 2 aromatic carbocycles. The predicted octanol–water partition coefficient (Wildman–Crippen LogP) is 3.59. The molecule has 0 aliphatic carbocycles. The highest BCUT2D eigenvalue weighted by Crippen LogP contribution is 2.38. The monoisotopic (exact) mass is 370 g/mol. The lowest BCUT2D eigenvalue weighted by Crippen LogP contribution is -2.45. The Balaban J connectivity index is 2.24. The summed E-state index contributed by atoms with van der Waals surface area (Å²) >= 11 is 5.35. The highest BCUT2D eigenvalue weighted by molar-refractivity contribution is 7.80. The normalized spacial score (nSPS) is 16.9. The van der Waals surface area contributed by atoms with E-state index < -0.39 is 6.04 Å². The van der Waals surface area contributed by atoms with Crippen molar-refractivity contribution >= 4 is 34.1 Å². The molecule has 0 bridgehead atoms. The number of ether oxygens (including phenoxy) is 2. The third-order valence-corrected chi connectivity index (χ3v) is 4.50. The second-order valence-corrected chi connectivity index (χ2v) is 6.33. The topological polar surface area (TPSA) is 59.6 Å². The molecule has 0 spiro atoms. The van der Waals surface area contributed by atoms with Gasteiger partial charge in [-0.05, 0) is 49.8 Å². The molecule has 26 heavy (non-hydrogen) atoms. The van der Waals surface area contributed by atoms with Gasteiger partial charge < -0.3 is 20.1 Å². The number of rotatable bonds is 5. The van der Waals surface area contributed by atoms with Crippen molar-refractivity contribution in [2.75, 3.05) is 13.2 Å². The Kier molecular flexibility index (Phi) is 5.42. The van der Waals surface area contributed by atoms with Crippen LogP contribution >= 0.6 is 12.2 Å². The summed E-state index contributed by atoms with van der Waals surface area (Å²) < 4.78 is 11.2. The van der Waals surface area contributed by atoms with Gasteiger partial charge in [0.05, 0.1) is 24.8 Å². The Labute approximate surface area is 158 Å². The molecule has 0 aromatic heterocycles. The van der Waals surface area contributed by atoms with Crippen molar-refractivity contribution < 1.29 is 14.3 Å². The van der Waals surface area contributed by atoms with Crippen molar-refractivity contribution in [1.82, 2.24) is 10.6 Å². The second kappa shape index (κ2) is 7.74. The van der Waals surface area contributed by atoms with Gasteiger partial charge in [-0.2, -0.15) is 0 Å². The first-order valence-corrected chi connectivity index (χ1v) is 9.07. The molecule has 0 saturated carbocycles.